The lowest BCUT2D eigenvalue weighted by Gasteiger charge is -2.16. The van der Waals surface area contributed by atoms with Gasteiger partial charge in [0.2, 0.25) is 0 Å². The lowest BCUT2D eigenvalue weighted by molar-refractivity contribution is -0.137. The van der Waals surface area contributed by atoms with Crippen LogP contribution in [0.1, 0.15) is 75.3 Å². The first-order valence-corrected chi connectivity index (χ1v) is 17.9. The first kappa shape index (κ1) is 32.4. The topological polar surface area (TPSA) is 126 Å². The number of thiophene rings is 1. The molecule has 9 rings (SSSR count). The van der Waals surface area contributed by atoms with E-state index >= 15 is 0 Å². The Labute approximate surface area is 298 Å². The van der Waals surface area contributed by atoms with Gasteiger partial charge in [0, 0.05) is 23.2 Å². The highest BCUT2D eigenvalue weighted by atomic mass is 32.1. The van der Waals surface area contributed by atoms with Crippen molar-refractivity contribution >= 4 is 33.1 Å². The van der Waals surface area contributed by atoms with E-state index in [1.54, 1.807) is 19.4 Å². The van der Waals surface area contributed by atoms with E-state index in [1.807, 2.05) is 29.2 Å². The van der Waals surface area contributed by atoms with Gasteiger partial charge in [-0.2, -0.15) is 13.2 Å². The van der Waals surface area contributed by atoms with Crippen molar-refractivity contribution < 1.29 is 27.1 Å². The van der Waals surface area contributed by atoms with E-state index in [0.717, 1.165) is 64.1 Å². The van der Waals surface area contributed by atoms with Crippen molar-refractivity contribution in [2.45, 2.75) is 56.8 Å². The van der Waals surface area contributed by atoms with Crippen LogP contribution in [0.2, 0.25) is 0 Å². The Bertz CT molecular complexity index is 2450. The number of halogens is 3. The fourth-order valence-electron chi connectivity index (χ4n) is 8.03. The van der Waals surface area contributed by atoms with Gasteiger partial charge in [-0.15, -0.1) is 16.4 Å². The second-order valence-electron chi connectivity index (χ2n) is 13.3. The number of carbonyl (C=O) groups excluding carboxylic acids is 1. The monoisotopic (exact) mass is 724 g/mol. The number of pyridine rings is 2. The van der Waals surface area contributed by atoms with Crippen molar-refractivity contribution in [3.05, 3.63) is 111 Å². The minimum absolute atomic E-state index is 0.0176. The number of alkyl halides is 3. The van der Waals surface area contributed by atoms with Crippen molar-refractivity contribution in [1.82, 2.24) is 25.1 Å². The molecular formula is C38H31F3N6O4S. The zero-order chi connectivity index (χ0) is 35.7. The quantitative estimate of drug-likeness (QED) is 0.162. The molecule has 10 nitrogen and oxygen atoms in total. The SMILES string of the molecule is COc1cccc2c1CC[C@H]2Nc1nccc2cc(-c3c4c(nc(CCc5cccc(C(F)(F)F)c5)c3-c3n[nH]c(=O)o3)[C@H]3CCCN3C4=O)sc12. The Kier molecular flexibility index (Phi) is 7.68. The van der Waals surface area contributed by atoms with E-state index in [-0.39, 0.29) is 36.7 Å². The Balaban J connectivity index is 1.19. The van der Waals surface area contributed by atoms with Crippen molar-refractivity contribution in [1.29, 1.82) is 0 Å². The third-order valence-corrected chi connectivity index (χ3v) is 11.5. The number of methoxy groups -OCH3 is 1. The maximum absolute atomic E-state index is 14.2. The molecule has 4 aromatic heterocycles. The van der Waals surface area contributed by atoms with Gasteiger partial charge in [-0.3, -0.25) is 9.78 Å². The summed E-state index contributed by atoms with van der Waals surface area (Å²) in [5.74, 6) is 0.584. The molecule has 1 aliphatic carbocycles. The molecule has 3 aliphatic rings. The van der Waals surface area contributed by atoms with E-state index in [9.17, 15) is 22.8 Å². The van der Waals surface area contributed by atoms with E-state index < -0.39 is 17.5 Å². The molecule has 2 N–H and O–H groups in total. The molecule has 0 radical (unpaired) electrons. The molecule has 14 heteroatoms. The van der Waals surface area contributed by atoms with Gasteiger partial charge < -0.3 is 19.4 Å². The summed E-state index contributed by atoms with van der Waals surface area (Å²) >= 11 is 1.46. The summed E-state index contributed by atoms with van der Waals surface area (Å²) in [4.78, 5) is 38.9. The van der Waals surface area contributed by atoms with Crippen molar-refractivity contribution in [3.63, 3.8) is 0 Å². The smallest absolute Gasteiger partial charge is 0.434 e. The van der Waals surface area contributed by atoms with Crippen LogP contribution in [-0.2, 0) is 25.4 Å². The zero-order valence-electron chi connectivity index (χ0n) is 27.8. The number of fused-ring (bicyclic) bond motifs is 5. The summed E-state index contributed by atoms with van der Waals surface area (Å²) in [6.07, 6.45) is 1.00. The van der Waals surface area contributed by atoms with Gasteiger partial charge in [-0.05, 0) is 84.9 Å². The molecule has 0 bridgehead atoms. The molecule has 2 atom stereocenters. The third kappa shape index (κ3) is 5.35. The lowest BCUT2D eigenvalue weighted by atomic mass is 9.92. The third-order valence-electron chi connectivity index (χ3n) is 10.3. The highest BCUT2D eigenvalue weighted by molar-refractivity contribution is 7.23. The molecule has 0 spiro atoms. The van der Waals surface area contributed by atoms with E-state index in [4.69, 9.17) is 19.1 Å². The summed E-state index contributed by atoms with van der Waals surface area (Å²) in [5.41, 5.74) is 4.52. The number of aryl methyl sites for hydroxylation is 2. The number of hydrogen-bond acceptors (Lipinski definition) is 9. The number of aromatic nitrogens is 4. The van der Waals surface area contributed by atoms with Gasteiger partial charge in [-0.1, -0.05) is 30.3 Å². The molecule has 1 fully saturated rings. The number of hydrogen-bond donors (Lipinski definition) is 2. The molecule has 2 aromatic carbocycles. The largest absolute Gasteiger partial charge is 0.496 e. The predicted octanol–water partition coefficient (Wildman–Crippen LogP) is 7.90. The predicted molar refractivity (Wildman–Crippen MR) is 189 cm³/mol. The number of carbonyl (C=O) groups is 1. The van der Waals surface area contributed by atoms with Crippen LogP contribution in [0.15, 0.2) is 70.0 Å². The minimum atomic E-state index is -4.48. The Hall–Kier alpha value is -5.50. The van der Waals surface area contributed by atoms with Crippen LogP contribution in [0.4, 0.5) is 19.0 Å². The fraction of sp³-hybridized carbons (Fsp3) is 0.289. The number of amides is 1. The van der Waals surface area contributed by atoms with Crippen molar-refractivity contribution in [3.8, 4) is 27.6 Å². The van der Waals surface area contributed by atoms with E-state index in [0.29, 0.717) is 46.0 Å². The molecule has 1 saturated heterocycles. The lowest BCUT2D eigenvalue weighted by Crippen LogP contribution is -2.22. The second-order valence-corrected chi connectivity index (χ2v) is 14.3. The summed E-state index contributed by atoms with van der Waals surface area (Å²) in [6, 6.07) is 15.0. The maximum atomic E-state index is 14.2. The number of nitrogens with zero attached hydrogens (tertiary/aromatic N) is 4. The highest BCUT2D eigenvalue weighted by Gasteiger charge is 2.45. The number of H-pyrrole nitrogens is 1. The molecular weight excluding hydrogens is 694 g/mol. The van der Waals surface area contributed by atoms with Crippen molar-refractivity contribution in [2.75, 3.05) is 19.0 Å². The van der Waals surface area contributed by atoms with Crippen LogP contribution in [0.3, 0.4) is 0 Å². The average Bonchev–Trinajstić information content (AvgIpc) is 3.98. The maximum Gasteiger partial charge on any atom is 0.434 e. The summed E-state index contributed by atoms with van der Waals surface area (Å²) in [7, 11) is 1.68. The Morgan fingerprint density at radius 3 is 2.73 bits per heavy atom. The number of rotatable bonds is 8. The molecule has 0 saturated carbocycles. The van der Waals surface area contributed by atoms with E-state index in [1.165, 1.54) is 23.0 Å². The first-order valence-electron chi connectivity index (χ1n) is 17.1. The number of aromatic amines is 1. The minimum Gasteiger partial charge on any atom is -0.496 e. The van der Waals surface area contributed by atoms with Crippen LogP contribution < -0.4 is 15.8 Å². The fourth-order valence-corrected chi connectivity index (χ4v) is 9.19. The summed E-state index contributed by atoms with van der Waals surface area (Å²) < 4.78 is 52.8. The molecule has 6 heterocycles. The van der Waals surface area contributed by atoms with Crippen LogP contribution in [0, 0.1) is 0 Å². The van der Waals surface area contributed by atoms with Crippen LogP contribution in [-0.4, -0.2) is 44.6 Å². The highest BCUT2D eigenvalue weighted by Crippen LogP contribution is 2.50. The Morgan fingerprint density at radius 1 is 1.06 bits per heavy atom. The number of anilines is 1. The van der Waals surface area contributed by atoms with Gasteiger partial charge in [0.25, 0.3) is 11.8 Å². The average molecular weight is 725 g/mol. The first-order chi connectivity index (χ1) is 25.2. The zero-order valence-corrected chi connectivity index (χ0v) is 28.7. The van der Waals surface area contributed by atoms with Gasteiger partial charge in [-0.25, -0.2) is 14.9 Å². The normalized spacial score (nSPS) is 17.8. The van der Waals surface area contributed by atoms with E-state index in [2.05, 4.69) is 21.6 Å². The molecule has 52 heavy (non-hydrogen) atoms. The van der Waals surface area contributed by atoms with Gasteiger partial charge >= 0.3 is 11.9 Å². The number of ether oxygens (including phenoxy) is 1. The standard InChI is InChI=1S/C38H31F3N6O4S/c1-50-27-9-3-7-22-23(27)11-13-24(22)44-34-33-20(14-15-42-34)18-28(52-33)30-29(35-45-46-37(49)51-35)25(12-10-19-5-2-6-21(17-19)38(39,40)41)43-32-26-8-4-16-47(26)36(48)31(30)32/h2-3,5-7,9,14-15,17-18,24,26H,4,8,10-13,16H2,1H3,(H,42,44)(H,46,49)/t24-,26-/m1/s1. The van der Waals surface area contributed by atoms with Gasteiger partial charge in [0.05, 0.1) is 52.0 Å². The molecule has 264 valence electrons. The molecule has 6 aromatic rings. The summed E-state index contributed by atoms with van der Waals surface area (Å²) in [5, 5.41) is 11.1. The Morgan fingerprint density at radius 2 is 1.92 bits per heavy atom. The summed E-state index contributed by atoms with van der Waals surface area (Å²) in [6.45, 7) is 0.587. The number of nitrogens with one attached hydrogen (secondary N) is 2. The number of benzene rings is 2. The molecule has 2 aliphatic heterocycles. The second kappa shape index (κ2) is 12.3. The van der Waals surface area contributed by atoms with Crippen LogP contribution in [0.25, 0.3) is 32.0 Å². The van der Waals surface area contributed by atoms with Gasteiger partial charge in [0.1, 0.15) is 11.6 Å². The van der Waals surface area contributed by atoms with Crippen LogP contribution in [0.5, 0.6) is 5.75 Å². The van der Waals surface area contributed by atoms with Crippen LogP contribution >= 0.6 is 11.3 Å². The molecule has 0 unspecified atom stereocenters. The van der Waals surface area contributed by atoms with Gasteiger partial charge in [0.15, 0.2) is 0 Å². The molecule has 1 amide bonds. The van der Waals surface area contributed by atoms with Crippen molar-refractivity contribution in [2.24, 2.45) is 0 Å².